The first-order valence-corrected chi connectivity index (χ1v) is 8.36. The molecule has 3 rings (SSSR count). The minimum absolute atomic E-state index is 0.294. The molecule has 1 aromatic carbocycles. The molecule has 2 N–H and O–H groups in total. The molecule has 6 nitrogen and oxygen atoms in total. The standard InChI is InChI=1S/C15H11N5OS2/c1-9-18-12(7-22-9)20-14(21)13-15(23-8-17-13)19-11-4-2-3-10(5-11)6-16/h2-5,7-8,19H,1H3,(H,20,21). The van der Waals surface area contributed by atoms with Gasteiger partial charge in [-0.15, -0.1) is 22.7 Å². The summed E-state index contributed by atoms with van der Waals surface area (Å²) in [6.07, 6.45) is 0. The Kier molecular flexibility index (Phi) is 4.32. The second-order valence-corrected chi connectivity index (χ2v) is 6.47. The number of aromatic nitrogens is 2. The van der Waals surface area contributed by atoms with Crippen molar-refractivity contribution in [1.29, 1.82) is 5.26 Å². The molecule has 23 heavy (non-hydrogen) atoms. The van der Waals surface area contributed by atoms with Crippen LogP contribution in [0.4, 0.5) is 16.5 Å². The molecular formula is C15H11N5OS2. The average Bonchev–Trinajstić information content (AvgIpc) is 3.16. The van der Waals surface area contributed by atoms with E-state index in [1.165, 1.54) is 22.7 Å². The molecule has 8 heteroatoms. The highest BCUT2D eigenvalue weighted by atomic mass is 32.1. The van der Waals surface area contributed by atoms with E-state index in [0.717, 1.165) is 10.7 Å². The maximum Gasteiger partial charge on any atom is 0.278 e. The van der Waals surface area contributed by atoms with Gasteiger partial charge in [-0.1, -0.05) is 6.07 Å². The lowest BCUT2D eigenvalue weighted by Gasteiger charge is -2.06. The SMILES string of the molecule is Cc1nc(NC(=O)c2ncsc2Nc2cccc(C#N)c2)cs1. The summed E-state index contributed by atoms with van der Waals surface area (Å²) in [5, 5.41) is 18.1. The van der Waals surface area contributed by atoms with Gasteiger partial charge in [0.15, 0.2) is 5.69 Å². The van der Waals surface area contributed by atoms with Gasteiger partial charge in [0.05, 0.1) is 22.2 Å². The molecule has 2 heterocycles. The number of nitrogens with one attached hydrogen (secondary N) is 2. The van der Waals surface area contributed by atoms with Crippen LogP contribution in [-0.2, 0) is 0 Å². The summed E-state index contributed by atoms with van der Waals surface area (Å²) in [7, 11) is 0. The lowest BCUT2D eigenvalue weighted by Crippen LogP contribution is -2.14. The maximum atomic E-state index is 12.3. The van der Waals surface area contributed by atoms with Crippen molar-refractivity contribution in [2.24, 2.45) is 0 Å². The topological polar surface area (TPSA) is 90.7 Å². The number of rotatable bonds is 4. The fraction of sp³-hybridized carbons (Fsp3) is 0.0667. The number of amides is 1. The number of hydrogen-bond acceptors (Lipinski definition) is 7. The number of nitriles is 1. The highest BCUT2D eigenvalue weighted by molar-refractivity contribution is 7.14. The van der Waals surface area contributed by atoms with E-state index in [4.69, 9.17) is 5.26 Å². The molecule has 0 saturated carbocycles. The molecule has 0 fully saturated rings. The van der Waals surface area contributed by atoms with Crippen molar-refractivity contribution in [2.75, 3.05) is 10.6 Å². The van der Waals surface area contributed by atoms with Crippen LogP contribution in [0.1, 0.15) is 21.1 Å². The van der Waals surface area contributed by atoms with Gasteiger partial charge in [0.1, 0.15) is 10.8 Å². The smallest absolute Gasteiger partial charge is 0.278 e. The first-order valence-electron chi connectivity index (χ1n) is 6.60. The molecule has 0 bridgehead atoms. The van der Waals surface area contributed by atoms with Crippen molar-refractivity contribution >= 4 is 45.1 Å². The number of anilines is 3. The molecule has 0 aliphatic heterocycles. The van der Waals surface area contributed by atoms with Crippen LogP contribution in [0.3, 0.4) is 0 Å². The van der Waals surface area contributed by atoms with Crippen LogP contribution < -0.4 is 10.6 Å². The molecule has 0 unspecified atom stereocenters. The van der Waals surface area contributed by atoms with Gasteiger partial charge < -0.3 is 10.6 Å². The Morgan fingerprint density at radius 1 is 1.35 bits per heavy atom. The third-order valence-electron chi connectivity index (χ3n) is 2.89. The number of hydrogen-bond donors (Lipinski definition) is 2. The summed E-state index contributed by atoms with van der Waals surface area (Å²) < 4.78 is 0. The van der Waals surface area contributed by atoms with E-state index in [-0.39, 0.29) is 5.91 Å². The first-order chi connectivity index (χ1) is 11.2. The Morgan fingerprint density at radius 3 is 2.96 bits per heavy atom. The van der Waals surface area contributed by atoms with Gasteiger partial charge in [-0.3, -0.25) is 4.79 Å². The van der Waals surface area contributed by atoms with Crippen molar-refractivity contribution in [2.45, 2.75) is 6.92 Å². The molecular weight excluding hydrogens is 330 g/mol. The van der Waals surface area contributed by atoms with E-state index in [9.17, 15) is 4.79 Å². The van der Waals surface area contributed by atoms with Crippen molar-refractivity contribution in [1.82, 2.24) is 9.97 Å². The fourth-order valence-corrected chi connectivity index (χ4v) is 3.13. The van der Waals surface area contributed by atoms with Crippen molar-refractivity contribution < 1.29 is 4.79 Å². The van der Waals surface area contributed by atoms with Crippen LogP contribution >= 0.6 is 22.7 Å². The van der Waals surface area contributed by atoms with Crippen LogP contribution in [0, 0.1) is 18.3 Å². The maximum absolute atomic E-state index is 12.3. The van der Waals surface area contributed by atoms with Crippen molar-refractivity contribution in [3.05, 3.63) is 51.4 Å². The highest BCUT2D eigenvalue weighted by Gasteiger charge is 2.16. The number of benzene rings is 1. The second kappa shape index (κ2) is 6.56. The Bertz CT molecular complexity index is 893. The molecule has 0 spiro atoms. The number of thiazole rings is 2. The van der Waals surface area contributed by atoms with Crippen molar-refractivity contribution in [3.8, 4) is 6.07 Å². The molecule has 3 aromatic rings. The molecule has 1 amide bonds. The van der Waals surface area contributed by atoms with Gasteiger partial charge >= 0.3 is 0 Å². The summed E-state index contributed by atoms with van der Waals surface area (Å²) in [6, 6.07) is 9.12. The van der Waals surface area contributed by atoms with E-state index in [1.54, 1.807) is 29.1 Å². The predicted octanol–water partition coefficient (Wildman–Crippen LogP) is 3.78. The summed E-state index contributed by atoms with van der Waals surface area (Å²) >= 11 is 2.78. The van der Waals surface area contributed by atoms with Gasteiger partial charge in [0.2, 0.25) is 0 Å². The summed E-state index contributed by atoms with van der Waals surface area (Å²) in [4.78, 5) is 20.6. The summed E-state index contributed by atoms with van der Waals surface area (Å²) in [5.74, 6) is 0.193. The summed E-state index contributed by atoms with van der Waals surface area (Å²) in [6.45, 7) is 1.87. The summed E-state index contributed by atoms with van der Waals surface area (Å²) in [5.41, 5.74) is 3.16. The normalized spacial score (nSPS) is 10.1. The van der Waals surface area contributed by atoms with E-state index < -0.39 is 0 Å². The van der Waals surface area contributed by atoms with Gasteiger partial charge in [-0.2, -0.15) is 5.26 Å². The first kappa shape index (κ1) is 15.1. The molecule has 0 aliphatic carbocycles. The third kappa shape index (κ3) is 3.53. The van der Waals surface area contributed by atoms with Crippen LogP contribution in [0.5, 0.6) is 0 Å². The Balaban J connectivity index is 1.79. The van der Waals surface area contributed by atoms with E-state index in [1.807, 2.05) is 13.0 Å². The van der Waals surface area contributed by atoms with Crippen LogP contribution in [-0.4, -0.2) is 15.9 Å². The van der Waals surface area contributed by atoms with Crippen LogP contribution in [0.15, 0.2) is 35.2 Å². The molecule has 0 radical (unpaired) electrons. The zero-order valence-electron chi connectivity index (χ0n) is 12.0. The molecule has 2 aromatic heterocycles. The number of aryl methyl sites for hydroxylation is 1. The molecule has 0 saturated heterocycles. The van der Waals surface area contributed by atoms with Crippen LogP contribution in [0.25, 0.3) is 0 Å². The lowest BCUT2D eigenvalue weighted by atomic mass is 10.2. The highest BCUT2D eigenvalue weighted by Crippen LogP contribution is 2.26. The van der Waals surface area contributed by atoms with Gasteiger partial charge in [0.25, 0.3) is 5.91 Å². The largest absolute Gasteiger partial charge is 0.345 e. The van der Waals surface area contributed by atoms with E-state index in [2.05, 4.69) is 26.7 Å². The average molecular weight is 341 g/mol. The lowest BCUT2D eigenvalue weighted by molar-refractivity contribution is 0.102. The molecule has 0 atom stereocenters. The molecule has 114 valence electrons. The minimum atomic E-state index is -0.324. The van der Waals surface area contributed by atoms with Crippen molar-refractivity contribution in [3.63, 3.8) is 0 Å². The van der Waals surface area contributed by atoms with Gasteiger partial charge in [-0.25, -0.2) is 9.97 Å². The van der Waals surface area contributed by atoms with Gasteiger partial charge in [0, 0.05) is 11.1 Å². The van der Waals surface area contributed by atoms with E-state index in [0.29, 0.717) is 22.1 Å². The quantitative estimate of drug-likeness (QED) is 0.753. The zero-order valence-corrected chi connectivity index (χ0v) is 13.7. The van der Waals surface area contributed by atoms with Gasteiger partial charge in [-0.05, 0) is 25.1 Å². The number of nitrogens with zero attached hydrogens (tertiary/aromatic N) is 3. The number of carbonyl (C=O) groups is 1. The number of carbonyl (C=O) groups excluding carboxylic acids is 1. The monoisotopic (exact) mass is 341 g/mol. The second-order valence-electron chi connectivity index (χ2n) is 4.55. The third-order valence-corrected chi connectivity index (χ3v) is 4.41. The van der Waals surface area contributed by atoms with Crippen LogP contribution in [0.2, 0.25) is 0 Å². The fourth-order valence-electron chi connectivity index (χ4n) is 1.89. The Morgan fingerprint density at radius 2 is 2.22 bits per heavy atom. The Labute approximate surface area is 140 Å². The Hall–Kier alpha value is -2.76. The predicted molar refractivity (Wildman–Crippen MR) is 91.4 cm³/mol. The zero-order chi connectivity index (χ0) is 16.2. The minimum Gasteiger partial charge on any atom is -0.345 e. The van der Waals surface area contributed by atoms with E-state index >= 15 is 0 Å². The molecule has 0 aliphatic rings.